The third-order valence-corrected chi connectivity index (χ3v) is 5.68. The van der Waals surface area contributed by atoms with Crippen LogP contribution in [0.4, 0.5) is 4.79 Å². The van der Waals surface area contributed by atoms with Gasteiger partial charge >= 0.3 is 5.97 Å². The molecule has 1 aliphatic heterocycles. The number of fused-ring (bicyclic) bond motifs is 1. The molecule has 4 rings (SSSR count). The van der Waals surface area contributed by atoms with Crippen LogP contribution in [0.15, 0.2) is 65.7 Å². The van der Waals surface area contributed by atoms with Crippen LogP contribution in [-0.4, -0.2) is 39.7 Å². The van der Waals surface area contributed by atoms with Gasteiger partial charge in [0.25, 0.3) is 11.1 Å². The maximum absolute atomic E-state index is 12.7. The fourth-order valence-corrected chi connectivity index (χ4v) is 4.24. The number of amides is 2. The third-order valence-electron chi connectivity index (χ3n) is 4.77. The molecule has 2 amide bonds. The number of esters is 1. The van der Waals surface area contributed by atoms with Crippen LogP contribution < -0.4 is 0 Å². The Morgan fingerprint density at radius 1 is 1.07 bits per heavy atom. The van der Waals surface area contributed by atoms with Crippen LogP contribution in [-0.2, 0) is 20.9 Å². The second kappa shape index (κ2) is 8.59. The number of para-hydroxylation sites is 1. The zero-order valence-electron chi connectivity index (χ0n) is 16.4. The highest BCUT2D eigenvalue weighted by molar-refractivity contribution is 8.18. The first-order valence-electron chi connectivity index (χ1n) is 9.59. The van der Waals surface area contributed by atoms with Crippen molar-refractivity contribution in [3.8, 4) is 0 Å². The molecule has 1 saturated heterocycles. The molecule has 7 heteroatoms. The largest absolute Gasteiger partial charge is 0.465 e. The molecule has 0 aliphatic carbocycles. The second-order valence-electron chi connectivity index (χ2n) is 6.79. The number of aromatic nitrogens is 1. The van der Waals surface area contributed by atoms with Crippen molar-refractivity contribution in [2.24, 2.45) is 0 Å². The van der Waals surface area contributed by atoms with E-state index in [4.69, 9.17) is 4.74 Å². The van der Waals surface area contributed by atoms with E-state index in [9.17, 15) is 14.4 Å². The highest BCUT2D eigenvalue weighted by Gasteiger charge is 2.36. The van der Waals surface area contributed by atoms with Crippen LogP contribution in [0.5, 0.6) is 0 Å². The van der Waals surface area contributed by atoms with Crippen LogP contribution in [0.2, 0.25) is 0 Å². The van der Waals surface area contributed by atoms with Crippen LogP contribution >= 0.6 is 11.8 Å². The van der Waals surface area contributed by atoms with Crippen molar-refractivity contribution >= 4 is 45.9 Å². The first-order chi connectivity index (χ1) is 14.6. The smallest absolute Gasteiger partial charge is 0.326 e. The van der Waals surface area contributed by atoms with E-state index in [1.807, 2.05) is 48.7 Å². The van der Waals surface area contributed by atoms with Crippen molar-refractivity contribution in [1.29, 1.82) is 0 Å². The van der Waals surface area contributed by atoms with Crippen LogP contribution in [0.3, 0.4) is 0 Å². The molecule has 6 nitrogen and oxygen atoms in total. The number of imide groups is 1. The zero-order valence-corrected chi connectivity index (χ0v) is 17.2. The molecule has 0 spiro atoms. The van der Waals surface area contributed by atoms with E-state index in [1.54, 1.807) is 13.0 Å². The number of carbonyl (C=O) groups is 3. The van der Waals surface area contributed by atoms with E-state index in [2.05, 4.69) is 16.7 Å². The molecule has 0 saturated carbocycles. The Hall–Kier alpha value is -3.32. The summed E-state index contributed by atoms with van der Waals surface area (Å²) >= 11 is 0.840. The Labute approximate surface area is 178 Å². The summed E-state index contributed by atoms with van der Waals surface area (Å²) in [7, 11) is 0. The summed E-state index contributed by atoms with van der Waals surface area (Å²) in [6, 6.07) is 18.1. The van der Waals surface area contributed by atoms with E-state index in [0.29, 0.717) is 11.4 Å². The van der Waals surface area contributed by atoms with Crippen molar-refractivity contribution in [3.05, 3.63) is 76.8 Å². The predicted molar refractivity (Wildman–Crippen MR) is 117 cm³/mol. The van der Waals surface area contributed by atoms with Gasteiger partial charge in [-0.1, -0.05) is 48.5 Å². The minimum Gasteiger partial charge on any atom is -0.465 e. The molecule has 0 radical (unpaired) electrons. The maximum atomic E-state index is 12.7. The molecular weight excluding hydrogens is 400 g/mol. The highest BCUT2D eigenvalue weighted by Crippen LogP contribution is 2.34. The van der Waals surface area contributed by atoms with Gasteiger partial charge < -0.3 is 9.30 Å². The van der Waals surface area contributed by atoms with Crippen molar-refractivity contribution in [2.45, 2.75) is 13.5 Å². The van der Waals surface area contributed by atoms with Crippen molar-refractivity contribution in [3.63, 3.8) is 0 Å². The first-order valence-corrected chi connectivity index (χ1v) is 10.4. The minimum absolute atomic E-state index is 0.200. The molecule has 30 heavy (non-hydrogen) atoms. The lowest BCUT2D eigenvalue weighted by Crippen LogP contribution is -2.34. The summed E-state index contributed by atoms with van der Waals surface area (Å²) in [5.74, 6) is -1.07. The minimum atomic E-state index is -0.597. The standard InChI is InChI=1S/C23H20N2O4S/c1-2-29-21(26)15-25-22(27)20(30-23(25)28)12-17-14-24(13-16-8-4-3-5-9-16)19-11-7-6-10-18(17)19/h3-12,14H,2,13,15H2,1H3/b20-12+. The van der Waals surface area contributed by atoms with Gasteiger partial charge in [-0.15, -0.1) is 0 Å². The average Bonchev–Trinajstić information content (AvgIpc) is 3.21. The lowest BCUT2D eigenvalue weighted by molar-refractivity contribution is -0.145. The quantitative estimate of drug-likeness (QED) is 0.440. The molecule has 2 heterocycles. The van der Waals surface area contributed by atoms with Gasteiger partial charge in [0.15, 0.2) is 0 Å². The van der Waals surface area contributed by atoms with Gasteiger partial charge in [-0.3, -0.25) is 19.3 Å². The molecule has 2 aromatic carbocycles. The van der Waals surface area contributed by atoms with E-state index >= 15 is 0 Å². The fourth-order valence-electron chi connectivity index (χ4n) is 3.41. The van der Waals surface area contributed by atoms with E-state index in [-0.39, 0.29) is 13.2 Å². The second-order valence-corrected chi connectivity index (χ2v) is 7.78. The number of thioether (sulfide) groups is 1. The van der Waals surface area contributed by atoms with E-state index in [1.165, 1.54) is 5.56 Å². The summed E-state index contributed by atoms with van der Waals surface area (Å²) in [4.78, 5) is 37.9. The van der Waals surface area contributed by atoms with Gasteiger partial charge in [0, 0.05) is 29.2 Å². The van der Waals surface area contributed by atoms with E-state index < -0.39 is 17.1 Å². The van der Waals surface area contributed by atoms with Crippen molar-refractivity contribution in [1.82, 2.24) is 9.47 Å². The van der Waals surface area contributed by atoms with E-state index in [0.717, 1.165) is 33.1 Å². The Morgan fingerprint density at radius 3 is 2.57 bits per heavy atom. The molecule has 0 unspecified atom stereocenters. The number of ether oxygens (including phenoxy) is 1. The van der Waals surface area contributed by atoms with Crippen LogP contribution in [0.25, 0.3) is 17.0 Å². The van der Waals surface area contributed by atoms with Crippen LogP contribution in [0.1, 0.15) is 18.1 Å². The molecule has 0 atom stereocenters. The number of hydrogen-bond donors (Lipinski definition) is 0. The number of hydrogen-bond acceptors (Lipinski definition) is 5. The molecule has 0 N–H and O–H groups in total. The van der Waals surface area contributed by atoms with Gasteiger partial charge in [0.05, 0.1) is 11.5 Å². The third kappa shape index (κ3) is 4.02. The average molecular weight is 420 g/mol. The molecule has 1 fully saturated rings. The summed E-state index contributed by atoms with van der Waals surface area (Å²) in [5.41, 5.74) is 3.06. The van der Waals surface area contributed by atoms with Gasteiger partial charge in [-0.2, -0.15) is 0 Å². The van der Waals surface area contributed by atoms with Gasteiger partial charge in [0.2, 0.25) is 0 Å². The predicted octanol–water partition coefficient (Wildman–Crippen LogP) is 4.29. The van der Waals surface area contributed by atoms with Crippen LogP contribution in [0, 0.1) is 0 Å². The molecular formula is C23H20N2O4S. The Morgan fingerprint density at radius 2 is 1.80 bits per heavy atom. The number of nitrogens with zero attached hydrogens (tertiary/aromatic N) is 2. The first kappa shape index (κ1) is 20.0. The zero-order chi connectivity index (χ0) is 21.1. The number of benzene rings is 2. The van der Waals surface area contributed by atoms with Gasteiger partial charge in [-0.25, -0.2) is 0 Å². The van der Waals surface area contributed by atoms with Crippen molar-refractivity contribution < 1.29 is 19.1 Å². The van der Waals surface area contributed by atoms with Crippen molar-refractivity contribution in [2.75, 3.05) is 13.2 Å². The maximum Gasteiger partial charge on any atom is 0.326 e. The number of carbonyl (C=O) groups excluding carboxylic acids is 3. The Kier molecular flexibility index (Phi) is 5.72. The summed E-state index contributed by atoms with van der Waals surface area (Å²) in [5, 5.41) is 0.526. The monoisotopic (exact) mass is 420 g/mol. The Bertz CT molecular complexity index is 1150. The van der Waals surface area contributed by atoms with Gasteiger partial charge in [0.1, 0.15) is 6.54 Å². The highest BCUT2D eigenvalue weighted by atomic mass is 32.2. The Balaban J connectivity index is 1.65. The lowest BCUT2D eigenvalue weighted by Gasteiger charge is -2.10. The topological polar surface area (TPSA) is 68.6 Å². The molecule has 3 aromatic rings. The molecule has 1 aromatic heterocycles. The van der Waals surface area contributed by atoms with Gasteiger partial charge in [-0.05, 0) is 36.4 Å². The normalized spacial score (nSPS) is 15.4. The summed E-state index contributed by atoms with van der Waals surface area (Å²) in [6.07, 6.45) is 3.71. The molecule has 1 aliphatic rings. The fraction of sp³-hybridized carbons (Fsp3) is 0.174. The molecule has 0 bridgehead atoms. The number of rotatable bonds is 6. The molecule has 152 valence electrons. The summed E-state index contributed by atoms with van der Waals surface area (Å²) in [6.45, 7) is 2.20. The lowest BCUT2D eigenvalue weighted by atomic mass is 10.1. The summed E-state index contributed by atoms with van der Waals surface area (Å²) < 4.78 is 6.98. The SMILES string of the molecule is CCOC(=O)CN1C(=O)S/C(=C/c2cn(Cc3ccccc3)c3ccccc23)C1=O.